The first-order valence-electron chi connectivity index (χ1n) is 5.83. The van der Waals surface area contributed by atoms with E-state index in [1.54, 1.807) is 6.92 Å². The summed E-state index contributed by atoms with van der Waals surface area (Å²) in [5, 5.41) is 3.42. The van der Waals surface area contributed by atoms with E-state index in [1.165, 1.54) is 19.3 Å². The lowest BCUT2D eigenvalue weighted by Gasteiger charge is -2.06. The summed E-state index contributed by atoms with van der Waals surface area (Å²) < 4.78 is 0. The molecular formula is C12H25NO. The lowest BCUT2D eigenvalue weighted by molar-refractivity contribution is -0.117. The molecule has 14 heavy (non-hydrogen) atoms. The Kier molecular flexibility index (Phi) is 8.95. The molecule has 0 heterocycles. The van der Waals surface area contributed by atoms with E-state index in [1.807, 2.05) is 0 Å². The molecule has 0 aliphatic heterocycles. The molecular weight excluding hydrogens is 174 g/mol. The Morgan fingerprint density at radius 2 is 1.79 bits per heavy atom. The van der Waals surface area contributed by atoms with Crippen LogP contribution in [0.2, 0.25) is 0 Å². The van der Waals surface area contributed by atoms with E-state index >= 15 is 0 Å². The summed E-state index contributed by atoms with van der Waals surface area (Å²) in [5.74, 6) is 1.07. The van der Waals surface area contributed by atoms with Crippen LogP contribution < -0.4 is 5.32 Å². The molecule has 0 atom stereocenters. The highest BCUT2D eigenvalue weighted by molar-refractivity contribution is 5.75. The Labute approximate surface area is 88.5 Å². The molecule has 84 valence electrons. The van der Waals surface area contributed by atoms with Crippen molar-refractivity contribution in [1.29, 1.82) is 0 Å². The number of Topliss-reactive ketones (excluding diaryl/α,β-unsaturated/α-hetero) is 1. The van der Waals surface area contributed by atoms with Gasteiger partial charge < -0.3 is 10.1 Å². The third kappa shape index (κ3) is 11.6. The third-order valence-corrected chi connectivity index (χ3v) is 2.18. The third-order valence-electron chi connectivity index (χ3n) is 2.18. The van der Waals surface area contributed by atoms with Gasteiger partial charge in [0.25, 0.3) is 0 Å². The SMILES string of the molecule is CC(=O)CCCCCCNCC(C)C. The fraction of sp³-hybridized carbons (Fsp3) is 0.917. The standard InChI is InChI=1S/C12H25NO/c1-11(2)10-13-9-7-5-4-6-8-12(3)14/h11,13H,4-10H2,1-3H3. The minimum Gasteiger partial charge on any atom is -0.316 e. The van der Waals surface area contributed by atoms with Crippen LogP contribution in [0, 0.1) is 5.92 Å². The number of hydrogen-bond acceptors (Lipinski definition) is 2. The number of carbonyl (C=O) groups is 1. The van der Waals surface area contributed by atoms with Crippen LogP contribution in [-0.2, 0) is 4.79 Å². The van der Waals surface area contributed by atoms with E-state index in [4.69, 9.17) is 0 Å². The highest BCUT2D eigenvalue weighted by atomic mass is 16.1. The smallest absolute Gasteiger partial charge is 0.129 e. The van der Waals surface area contributed by atoms with Gasteiger partial charge in [0.1, 0.15) is 5.78 Å². The van der Waals surface area contributed by atoms with Crippen LogP contribution in [0.1, 0.15) is 52.9 Å². The van der Waals surface area contributed by atoms with Crippen LogP contribution in [0.4, 0.5) is 0 Å². The molecule has 0 saturated heterocycles. The molecule has 0 fully saturated rings. The summed E-state index contributed by atoms with van der Waals surface area (Å²) in [6.07, 6.45) is 5.52. The normalized spacial score (nSPS) is 10.9. The quantitative estimate of drug-likeness (QED) is 0.579. The molecule has 2 heteroatoms. The summed E-state index contributed by atoms with van der Waals surface area (Å²) >= 11 is 0. The van der Waals surface area contributed by atoms with Crippen LogP contribution in [-0.4, -0.2) is 18.9 Å². The van der Waals surface area contributed by atoms with Crippen molar-refractivity contribution in [2.24, 2.45) is 5.92 Å². The van der Waals surface area contributed by atoms with Gasteiger partial charge in [-0.15, -0.1) is 0 Å². The maximum Gasteiger partial charge on any atom is 0.129 e. The average molecular weight is 199 g/mol. The van der Waals surface area contributed by atoms with E-state index in [9.17, 15) is 4.79 Å². The second-order valence-corrected chi connectivity index (χ2v) is 4.46. The molecule has 1 N–H and O–H groups in total. The lowest BCUT2D eigenvalue weighted by atomic mass is 10.1. The van der Waals surface area contributed by atoms with Gasteiger partial charge in [-0.1, -0.05) is 26.7 Å². The van der Waals surface area contributed by atoms with Crippen LogP contribution >= 0.6 is 0 Å². The van der Waals surface area contributed by atoms with E-state index in [-0.39, 0.29) is 0 Å². The zero-order valence-corrected chi connectivity index (χ0v) is 9.94. The molecule has 0 spiro atoms. The van der Waals surface area contributed by atoms with Crippen molar-refractivity contribution in [3.63, 3.8) is 0 Å². The minimum absolute atomic E-state index is 0.322. The van der Waals surface area contributed by atoms with Gasteiger partial charge >= 0.3 is 0 Å². The molecule has 0 aliphatic rings. The van der Waals surface area contributed by atoms with E-state index in [2.05, 4.69) is 19.2 Å². The highest BCUT2D eigenvalue weighted by Gasteiger charge is 1.95. The Hall–Kier alpha value is -0.370. The zero-order valence-electron chi connectivity index (χ0n) is 9.94. The maximum absolute atomic E-state index is 10.6. The van der Waals surface area contributed by atoms with Crippen molar-refractivity contribution in [3.8, 4) is 0 Å². The number of carbonyl (C=O) groups excluding carboxylic acids is 1. The fourth-order valence-corrected chi connectivity index (χ4v) is 1.37. The summed E-state index contributed by atoms with van der Waals surface area (Å²) in [6.45, 7) is 8.36. The Bertz CT molecular complexity index is 143. The fourth-order valence-electron chi connectivity index (χ4n) is 1.37. The van der Waals surface area contributed by atoms with E-state index < -0.39 is 0 Å². The number of unbranched alkanes of at least 4 members (excludes halogenated alkanes) is 3. The second kappa shape index (κ2) is 9.20. The van der Waals surface area contributed by atoms with Gasteiger partial charge in [0.05, 0.1) is 0 Å². The number of rotatable bonds is 9. The van der Waals surface area contributed by atoms with E-state index in [0.29, 0.717) is 5.78 Å². The summed E-state index contributed by atoms with van der Waals surface area (Å²) in [7, 11) is 0. The molecule has 0 bridgehead atoms. The van der Waals surface area contributed by atoms with Gasteiger partial charge in [0.2, 0.25) is 0 Å². The summed E-state index contributed by atoms with van der Waals surface area (Å²) in [6, 6.07) is 0. The number of ketones is 1. The number of hydrogen-bond donors (Lipinski definition) is 1. The van der Waals surface area contributed by atoms with Gasteiger partial charge in [-0.05, 0) is 38.8 Å². The molecule has 0 amide bonds. The predicted octanol–water partition coefficient (Wildman–Crippen LogP) is 2.77. The molecule has 0 aliphatic carbocycles. The van der Waals surface area contributed by atoms with Crippen molar-refractivity contribution in [3.05, 3.63) is 0 Å². The van der Waals surface area contributed by atoms with Crippen LogP contribution in [0.15, 0.2) is 0 Å². The van der Waals surface area contributed by atoms with Gasteiger partial charge in [-0.2, -0.15) is 0 Å². The number of nitrogens with one attached hydrogen (secondary N) is 1. The Morgan fingerprint density at radius 3 is 2.36 bits per heavy atom. The van der Waals surface area contributed by atoms with Crippen LogP contribution in [0.3, 0.4) is 0 Å². The molecule has 0 aromatic carbocycles. The largest absolute Gasteiger partial charge is 0.316 e. The molecule has 0 saturated carbocycles. The molecule has 0 aromatic rings. The predicted molar refractivity (Wildman–Crippen MR) is 61.5 cm³/mol. The molecule has 0 rings (SSSR count). The molecule has 0 radical (unpaired) electrons. The van der Waals surface area contributed by atoms with Gasteiger partial charge in [0, 0.05) is 6.42 Å². The van der Waals surface area contributed by atoms with Crippen molar-refractivity contribution < 1.29 is 4.79 Å². The van der Waals surface area contributed by atoms with Crippen LogP contribution in [0.25, 0.3) is 0 Å². The van der Waals surface area contributed by atoms with Gasteiger partial charge in [-0.3, -0.25) is 0 Å². The van der Waals surface area contributed by atoms with Crippen molar-refractivity contribution >= 4 is 5.78 Å². The first-order valence-corrected chi connectivity index (χ1v) is 5.83. The molecule has 0 unspecified atom stereocenters. The first kappa shape index (κ1) is 13.6. The van der Waals surface area contributed by atoms with Crippen LogP contribution in [0.5, 0.6) is 0 Å². The van der Waals surface area contributed by atoms with Crippen molar-refractivity contribution in [2.45, 2.75) is 52.9 Å². The first-order chi connectivity index (χ1) is 6.63. The average Bonchev–Trinajstić information content (AvgIpc) is 2.08. The van der Waals surface area contributed by atoms with Gasteiger partial charge in [-0.25, -0.2) is 0 Å². The molecule has 0 aromatic heterocycles. The topological polar surface area (TPSA) is 29.1 Å². The van der Waals surface area contributed by atoms with Crippen molar-refractivity contribution in [1.82, 2.24) is 5.32 Å². The zero-order chi connectivity index (χ0) is 10.8. The lowest BCUT2D eigenvalue weighted by Crippen LogP contribution is -2.20. The molecule has 2 nitrogen and oxygen atoms in total. The maximum atomic E-state index is 10.6. The summed E-state index contributed by atoms with van der Waals surface area (Å²) in [5.41, 5.74) is 0. The van der Waals surface area contributed by atoms with Gasteiger partial charge in [0.15, 0.2) is 0 Å². The highest BCUT2D eigenvalue weighted by Crippen LogP contribution is 2.02. The Morgan fingerprint density at radius 1 is 1.14 bits per heavy atom. The second-order valence-electron chi connectivity index (χ2n) is 4.46. The minimum atomic E-state index is 0.322. The van der Waals surface area contributed by atoms with E-state index in [0.717, 1.165) is 31.8 Å². The monoisotopic (exact) mass is 199 g/mol. The van der Waals surface area contributed by atoms with Crippen molar-refractivity contribution in [2.75, 3.05) is 13.1 Å². The Balaban J connectivity index is 2.96. The summed E-state index contributed by atoms with van der Waals surface area (Å²) in [4.78, 5) is 10.6.